The van der Waals surface area contributed by atoms with E-state index in [1.807, 2.05) is 54.6 Å². The minimum atomic E-state index is -0.405. The summed E-state index contributed by atoms with van der Waals surface area (Å²) in [4.78, 5) is 13.6. The molecule has 1 aliphatic heterocycles. The number of halogens is 1. The first-order valence-electron chi connectivity index (χ1n) is 10.6. The molecular weight excluding hydrogens is 442 g/mol. The molecule has 7 heteroatoms. The molecule has 5 rings (SSSR count). The second-order valence-corrected chi connectivity index (χ2v) is 8.38. The zero-order chi connectivity index (χ0) is 22.9. The van der Waals surface area contributed by atoms with Crippen LogP contribution in [-0.4, -0.2) is 21.0 Å². The van der Waals surface area contributed by atoms with Gasteiger partial charge < -0.3 is 18.6 Å². The van der Waals surface area contributed by atoms with Crippen molar-refractivity contribution in [1.82, 2.24) is 0 Å². The van der Waals surface area contributed by atoms with Crippen LogP contribution < -0.4 is 24.7 Å². The maximum absolute atomic E-state index is 12.5. The maximum atomic E-state index is 12.5. The van der Waals surface area contributed by atoms with Crippen molar-refractivity contribution in [1.29, 1.82) is 0 Å². The Morgan fingerprint density at radius 1 is 1.00 bits per heavy atom. The molecule has 0 spiro atoms. The van der Waals surface area contributed by atoms with Gasteiger partial charge in [-0.3, -0.25) is 4.90 Å². The molecule has 168 valence electrons. The lowest BCUT2D eigenvalue weighted by molar-refractivity contribution is -0.945. The van der Waals surface area contributed by atoms with Gasteiger partial charge in [-0.2, -0.15) is 0 Å². The molecule has 0 radical (unpaired) electrons. The fourth-order valence-corrected chi connectivity index (χ4v) is 4.63. The largest absolute Gasteiger partial charge is 0.493 e. The van der Waals surface area contributed by atoms with Gasteiger partial charge in [0.15, 0.2) is 22.8 Å². The van der Waals surface area contributed by atoms with Crippen molar-refractivity contribution in [3.63, 3.8) is 0 Å². The van der Waals surface area contributed by atoms with Crippen LogP contribution in [0.15, 0.2) is 69.9 Å². The fraction of sp³-hybridized carbons (Fsp3) is 0.192. The van der Waals surface area contributed by atoms with Crippen LogP contribution in [0.5, 0.6) is 17.2 Å². The van der Waals surface area contributed by atoms with E-state index in [0.29, 0.717) is 47.7 Å². The van der Waals surface area contributed by atoms with Crippen LogP contribution >= 0.6 is 11.6 Å². The van der Waals surface area contributed by atoms with Crippen molar-refractivity contribution in [3.05, 3.63) is 87.2 Å². The van der Waals surface area contributed by atoms with Crippen molar-refractivity contribution < 1.29 is 23.5 Å². The molecule has 1 aliphatic rings. The Hall–Kier alpha value is -3.48. The van der Waals surface area contributed by atoms with Crippen LogP contribution in [0.2, 0.25) is 5.02 Å². The van der Waals surface area contributed by atoms with Gasteiger partial charge >= 0.3 is 5.63 Å². The lowest BCUT2D eigenvalue weighted by Gasteiger charge is -2.27. The van der Waals surface area contributed by atoms with E-state index in [-0.39, 0.29) is 0 Å². The van der Waals surface area contributed by atoms with Crippen LogP contribution in [0.25, 0.3) is 22.1 Å². The van der Waals surface area contributed by atoms with E-state index in [4.69, 9.17) is 30.2 Å². The summed E-state index contributed by atoms with van der Waals surface area (Å²) in [6, 6.07) is 18.9. The first-order valence-corrected chi connectivity index (χ1v) is 11.0. The van der Waals surface area contributed by atoms with Gasteiger partial charge in [-0.05, 0) is 35.4 Å². The van der Waals surface area contributed by atoms with Gasteiger partial charge in [0.2, 0.25) is 6.73 Å². The first kappa shape index (κ1) is 21.4. The maximum Gasteiger partial charge on any atom is 0.336 e. The van der Waals surface area contributed by atoms with Crippen molar-refractivity contribution in [2.45, 2.75) is 13.1 Å². The normalized spacial score (nSPS) is 15.1. The third-order valence-electron chi connectivity index (χ3n) is 5.87. The molecule has 1 aromatic heterocycles. The van der Waals surface area contributed by atoms with Gasteiger partial charge in [0.1, 0.15) is 13.1 Å². The van der Waals surface area contributed by atoms with E-state index in [9.17, 15) is 4.79 Å². The number of fused-ring (bicyclic) bond motifs is 3. The number of nitrogens with one attached hydrogen (secondary N) is 1. The van der Waals surface area contributed by atoms with Gasteiger partial charge in [-0.1, -0.05) is 41.9 Å². The van der Waals surface area contributed by atoms with E-state index in [0.717, 1.165) is 32.5 Å². The Kier molecular flexibility index (Phi) is 5.70. The second-order valence-electron chi connectivity index (χ2n) is 7.97. The zero-order valence-electron chi connectivity index (χ0n) is 18.3. The molecule has 33 heavy (non-hydrogen) atoms. The third-order valence-corrected chi connectivity index (χ3v) is 6.15. The van der Waals surface area contributed by atoms with Crippen LogP contribution in [0.1, 0.15) is 11.1 Å². The Morgan fingerprint density at radius 3 is 2.55 bits per heavy atom. The van der Waals surface area contributed by atoms with E-state index < -0.39 is 5.63 Å². The Labute approximate surface area is 195 Å². The highest BCUT2D eigenvalue weighted by atomic mass is 35.5. The average Bonchev–Trinajstić information content (AvgIpc) is 2.84. The van der Waals surface area contributed by atoms with Crippen LogP contribution in [0.4, 0.5) is 0 Å². The Bertz CT molecular complexity index is 1380. The lowest BCUT2D eigenvalue weighted by Crippen LogP contribution is -3.10. The van der Waals surface area contributed by atoms with Crippen molar-refractivity contribution >= 4 is 22.6 Å². The minimum Gasteiger partial charge on any atom is -0.493 e. The van der Waals surface area contributed by atoms with Gasteiger partial charge in [0.25, 0.3) is 0 Å². The van der Waals surface area contributed by atoms with Gasteiger partial charge in [-0.15, -0.1) is 0 Å². The molecule has 4 aromatic rings. The second kappa shape index (κ2) is 8.81. The van der Waals surface area contributed by atoms with Gasteiger partial charge in [0.05, 0.1) is 24.8 Å². The molecule has 1 unspecified atom stereocenters. The fourth-order valence-electron chi connectivity index (χ4n) is 4.35. The Balaban J connectivity index is 1.55. The Morgan fingerprint density at radius 2 is 1.79 bits per heavy atom. The number of methoxy groups -OCH3 is 2. The molecule has 1 N–H and O–H groups in total. The van der Waals surface area contributed by atoms with E-state index >= 15 is 0 Å². The quantitative estimate of drug-likeness (QED) is 0.451. The highest BCUT2D eigenvalue weighted by molar-refractivity contribution is 6.33. The number of hydrogen-bond donors (Lipinski definition) is 1. The molecular formula is C26H23ClNO5+. The number of quaternary nitrogens is 1. The van der Waals surface area contributed by atoms with E-state index in [2.05, 4.69) is 0 Å². The molecule has 0 saturated carbocycles. The number of benzene rings is 3. The number of ether oxygens (including phenoxy) is 3. The SMILES string of the molecule is COc1ccc(C[NH+]2COc3c(Cl)cc4c(-c5ccccc5)cc(=O)oc4c3C2)cc1OC. The zero-order valence-corrected chi connectivity index (χ0v) is 19.1. The summed E-state index contributed by atoms with van der Waals surface area (Å²) < 4.78 is 22.5. The lowest BCUT2D eigenvalue weighted by atomic mass is 9.99. The summed E-state index contributed by atoms with van der Waals surface area (Å²) in [6.07, 6.45) is 0. The van der Waals surface area contributed by atoms with Gasteiger partial charge in [0, 0.05) is 17.0 Å². The minimum absolute atomic E-state index is 0.405. The summed E-state index contributed by atoms with van der Waals surface area (Å²) in [5, 5.41) is 1.30. The summed E-state index contributed by atoms with van der Waals surface area (Å²) in [5.41, 5.74) is 3.71. The van der Waals surface area contributed by atoms with E-state index in [1.165, 1.54) is 6.07 Å². The molecule has 0 fully saturated rings. The smallest absolute Gasteiger partial charge is 0.336 e. The molecule has 3 aromatic carbocycles. The first-order chi connectivity index (χ1) is 16.1. The summed E-state index contributed by atoms with van der Waals surface area (Å²) in [5.74, 6) is 1.94. The van der Waals surface area contributed by atoms with E-state index in [1.54, 1.807) is 14.2 Å². The molecule has 0 aliphatic carbocycles. The molecule has 2 heterocycles. The van der Waals surface area contributed by atoms with Crippen LogP contribution in [0.3, 0.4) is 0 Å². The monoisotopic (exact) mass is 464 g/mol. The summed E-state index contributed by atoms with van der Waals surface area (Å²) >= 11 is 6.62. The van der Waals surface area contributed by atoms with Crippen LogP contribution in [0, 0.1) is 0 Å². The molecule has 1 atom stereocenters. The molecule has 6 nitrogen and oxygen atoms in total. The molecule has 0 amide bonds. The number of rotatable bonds is 5. The van der Waals surface area contributed by atoms with Crippen molar-refractivity contribution in [2.24, 2.45) is 0 Å². The standard InChI is InChI=1S/C26H22ClNO5/c1-30-22-9-8-16(10-23(22)31-2)13-28-14-20-25-19(11-21(27)26(20)32-15-28)18(12-24(29)33-25)17-6-4-3-5-7-17/h3-12H,13-15H2,1-2H3/p+1. The molecule has 0 saturated heterocycles. The summed E-state index contributed by atoms with van der Waals surface area (Å²) in [6.45, 7) is 1.73. The summed E-state index contributed by atoms with van der Waals surface area (Å²) in [7, 11) is 3.24. The predicted molar refractivity (Wildman–Crippen MR) is 126 cm³/mol. The van der Waals surface area contributed by atoms with Crippen LogP contribution in [-0.2, 0) is 13.1 Å². The number of hydrogen-bond acceptors (Lipinski definition) is 5. The highest BCUT2D eigenvalue weighted by Gasteiger charge is 2.28. The third kappa shape index (κ3) is 4.03. The highest BCUT2D eigenvalue weighted by Crippen LogP contribution is 2.39. The topological polar surface area (TPSA) is 62.3 Å². The molecule has 0 bridgehead atoms. The van der Waals surface area contributed by atoms with Gasteiger partial charge in [-0.25, -0.2) is 4.79 Å². The average molecular weight is 465 g/mol. The van der Waals surface area contributed by atoms with Crippen molar-refractivity contribution in [3.8, 4) is 28.4 Å². The van der Waals surface area contributed by atoms with Crippen molar-refractivity contribution in [2.75, 3.05) is 21.0 Å². The predicted octanol–water partition coefficient (Wildman–Crippen LogP) is 4.07.